The number of hydrogen-bond donors (Lipinski definition) is 1. The summed E-state index contributed by atoms with van der Waals surface area (Å²) in [6.07, 6.45) is 0.988. The molecule has 2 aromatic carbocycles. The van der Waals surface area contributed by atoms with Gasteiger partial charge in [0.05, 0.1) is 17.2 Å². The summed E-state index contributed by atoms with van der Waals surface area (Å²) in [6.45, 7) is 2.02. The molecule has 0 bridgehead atoms. The summed E-state index contributed by atoms with van der Waals surface area (Å²) in [5, 5.41) is 4.17. The predicted molar refractivity (Wildman–Crippen MR) is 127 cm³/mol. The number of pyridine rings is 1. The molecule has 1 N–H and O–H groups in total. The number of alkyl halides is 3. The Kier molecular flexibility index (Phi) is 7.31. The van der Waals surface area contributed by atoms with Crippen molar-refractivity contribution in [3.05, 3.63) is 65.3 Å². The number of anilines is 1. The van der Waals surface area contributed by atoms with Crippen LogP contribution in [-0.4, -0.2) is 17.0 Å². The van der Waals surface area contributed by atoms with Crippen LogP contribution in [0.1, 0.15) is 44.6 Å². The Morgan fingerprint density at radius 3 is 2.47 bits per heavy atom. The molecule has 1 amide bonds. The largest absolute Gasteiger partial charge is 0.490 e. The van der Waals surface area contributed by atoms with Crippen LogP contribution in [-0.2, 0) is 11.0 Å². The minimum absolute atomic E-state index is 0.00906. The maximum absolute atomic E-state index is 13.0. The molecule has 4 nitrogen and oxygen atoms in total. The van der Waals surface area contributed by atoms with E-state index < -0.39 is 11.7 Å². The number of ether oxygens (including phenoxy) is 1. The minimum Gasteiger partial charge on any atom is -0.490 e. The molecule has 1 unspecified atom stereocenters. The highest BCUT2D eigenvalue weighted by Gasteiger charge is 2.33. The number of benzene rings is 2. The molecule has 1 aliphatic carbocycles. The molecule has 1 aromatic heterocycles. The number of aromatic nitrogens is 1. The van der Waals surface area contributed by atoms with E-state index in [2.05, 4.69) is 10.3 Å². The van der Waals surface area contributed by atoms with Crippen LogP contribution in [0.4, 0.5) is 18.9 Å². The topological polar surface area (TPSA) is 51.2 Å². The van der Waals surface area contributed by atoms with Crippen molar-refractivity contribution in [2.75, 3.05) is 5.32 Å². The molecular formula is C26H26ClF3N2O2. The maximum Gasteiger partial charge on any atom is 0.416 e. The average Bonchev–Trinajstić information content (AvgIpc) is 2.81. The highest BCUT2D eigenvalue weighted by atomic mass is 35.5. The Labute approximate surface area is 201 Å². The van der Waals surface area contributed by atoms with Gasteiger partial charge in [-0.05, 0) is 86.6 Å². The van der Waals surface area contributed by atoms with E-state index in [1.165, 1.54) is 12.3 Å². The second kappa shape index (κ2) is 10.2. The quantitative estimate of drug-likeness (QED) is 0.389. The number of carbonyl (C=O) groups excluding carboxylic acids is 1. The molecule has 34 heavy (non-hydrogen) atoms. The number of nitrogens with zero attached hydrogens (tertiary/aromatic N) is 1. The van der Waals surface area contributed by atoms with E-state index in [0.717, 1.165) is 49.9 Å². The lowest BCUT2D eigenvalue weighted by molar-refractivity contribution is -0.137. The number of rotatable bonds is 6. The maximum atomic E-state index is 13.0. The van der Waals surface area contributed by atoms with Gasteiger partial charge < -0.3 is 10.1 Å². The third kappa shape index (κ3) is 5.63. The van der Waals surface area contributed by atoms with Crippen molar-refractivity contribution in [1.29, 1.82) is 0 Å². The van der Waals surface area contributed by atoms with Gasteiger partial charge in [0.25, 0.3) is 0 Å². The second-order valence-electron chi connectivity index (χ2n) is 8.70. The molecule has 1 atom stereocenters. The van der Waals surface area contributed by atoms with Gasteiger partial charge in [0.2, 0.25) is 5.91 Å². The van der Waals surface area contributed by atoms with Crippen molar-refractivity contribution in [3.63, 3.8) is 0 Å². The molecule has 0 radical (unpaired) electrons. The van der Waals surface area contributed by atoms with Gasteiger partial charge in [-0.3, -0.25) is 9.78 Å². The summed E-state index contributed by atoms with van der Waals surface area (Å²) in [5.74, 6) is 0.698. The van der Waals surface area contributed by atoms with E-state index >= 15 is 0 Å². The fourth-order valence-electron chi connectivity index (χ4n) is 4.69. The average molecular weight is 491 g/mol. The first-order chi connectivity index (χ1) is 16.2. The van der Waals surface area contributed by atoms with Crippen LogP contribution < -0.4 is 10.1 Å². The van der Waals surface area contributed by atoms with Crippen LogP contribution in [0.15, 0.2) is 54.7 Å². The van der Waals surface area contributed by atoms with E-state index in [4.69, 9.17) is 16.3 Å². The number of halogens is 4. The van der Waals surface area contributed by atoms with Crippen molar-refractivity contribution in [1.82, 2.24) is 4.98 Å². The zero-order valence-corrected chi connectivity index (χ0v) is 19.5. The summed E-state index contributed by atoms with van der Waals surface area (Å²) in [4.78, 5) is 17.0. The number of carbonyl (C=O) groups is 1. The third-order valence-electron chi connectivity index (χ3n) is 6.50. The zero-order chi connectivity index (χ0) is 24.3. The van der Waals surface area contributed by atoms with Crippen molar-refractivity contribution in [2.24, 2.45) is 11.8 Å². The summed E-state index contributed by atoms with van der Waals surface area (Å²) in [5.41, 5.74) is 0.252. The number of amides is 1. The highest BCUT2D eigenvalue weighted by molar-refractivity contribution is 6.30. The lowest BCUT2D eigenvalue weighted by Crippen LogP contribution is -2.34. The molecule has 1 fully saturated rings. The van der Waals surface area contributed by atoms with Crippen molar-refractivity contribution in [3.8, 4) is 5.75 Å². The van der Waals surface area contributed by atoms with E-state index in [9.17, 15) is 18.0 Å². The first-order valence-electron chi connectivity index (χ1n) is 11.4. The predicted octanol–water partition coefficient (Wildman–Crippen LogP) is 7.51. The third-order valence-corrected chi connectivity index (χ3v) is 6.75. The van der Waals surface area contributed by atoms with Crippen LogP contribution >= 0.6 is 11.6 Å². The van der Waals surface area contributed by atoms with E-state index in [1.807, 2.05) is 6.92 Å². The van der Waals surface area contributed by atoms with Gasteiger partial charge in [-0.25, -0.2) is 0 Å². The first kappa shape index (κ1) is 24.3. The SMILES string of the molecule is CCC(C(=O)Nc1ccc(Cl)cc1)[C@H]1CC[C@H](Oc2ccnc3cc(C(F)(F)F)ccc23)CC1. The van der Waals surface area contributed by atoms with Crippen molar-refractivity contribution in [2.45, 2.75) is 51.3 Å². The van der Waals surface area contributed by atoms with Crippen LogP contribution in [0.25, 0.3) is 10.9 Å². The second-order valence-corrected chi connectivity index (χ2v) is 9.14. The normalized spacial score (nSPS) is 19.6. The Balaban J connectivity index is 1.38. The molecular weight excluding hydrogens is 465 g/mol. The lowest BCUT2D eigenvalue weighted by Gasteiger charge is -2.33. The molecule has 1 heterocycles. The van der Waals surface area contributed by atoms with Gasteiger partial charge in [0.1, 0.15) is 5.75 Å². The Morgan fingerprint density at radius 1 is 1.12 bits per heavy atom. The van der Waals surface area contributed by atoms with E-state index in [-0.39, 0.29) is 29.4 Å². The van der Waals surface area contributed by atoms with Crippen LogP contribution in [0.5, 0.6) is 5.75 Å². The molecule has 1 aliphatic rings. The van der Waals surface area contributed by atoms with E-state index in [0.29, 0.717) is 16.2 Å². The summed E-state index contributed by atoms with van der Waals surface area (Å²) in [7, 11) is 0. The fourth-order valence-corrected chi connectivity index (χ4v) is 4.82. The monoisotopic (exact) mass is 490 g/mol. The molecule has 0 spiro atoms. The molecule has 0 aliphatic heterocycles. The van der Waals surface area contributed by atoms with Crippen LogP contribution in [0.3, 0.4) is 0 Å². The van der Waals surface area contributed by atoms with Crippen molar-refractivity contribution < 1.29 is 22.7 Å². The Hall–Kier alpha value is -2.80. The summed E-state index contributed by atoms with van der Waals surface area (Å²) in [6, 6.07) is 12.3. The van der Waals surface area contributed by atoms with Gasteiger partial charge in [0, 0.05) is 28.2 Å². The molecule has 180 valence electrons. The highest BCUT2D eigenvalue weighted by Crippen LogP contribution is 2.37. The molecule has 3 aromatic rings. The number of nitrogens with one attached hydrogen (secondary N) is 1. The van der Waals surface area contributed by atoms with Gasteiger partial charge >= 0.3 is 6.18 Å². The summed E-state index contributed by atoms with van der Waals surface area (Å²) >= 11 is 5.92. The first-order valence-corrected chi connectivity index (χ1v) is 11.8. The number of fused-ring (bicyclic) bond motifs is 1. The zero-order valence-electron chi connectivity index (χ0n) is 18.7. The molecule has 0 saturated heterocycles. The molecule has 8 heteroatoms. The van der Waals surface area contributed by atoms with Gasteiger partial charge in [0.15, 0.2) is 0 Å². The summed E-state index contributed by atoms with van der Waals surface area (Å²) < 4.78 is 45.3. The number of hydrogen-bond acceptors (Lipinski definition) is 3. The van der Waals surface area contributed by atoms with Crippen LogP contribution in [0.2, 0.25) is 5.02 Å². The van der Waals surface area contributed by atoms with E-state index in [1.54, 1.807) is 30.3 Å². The van der Waals surface area contributed by atoms with Gasteiger partial charge in [-0.15, -0.1) is 0 Å². The van der Waals surface area contributed by atoms with Gasteiger partial charge in [-0.2, -0.15) is 13.2 Å². The van der Waals surface area contributed by atoms with Crippen LogP contribution in [0, 0.1) is 11.8 Å². The smallest absolute Gasteiger partial charge is 0.416 e. The Morgan fingerprint density at radius 2 is 1.82 bits per heavy atom. The fraction of sp³-hybridized carbons (Fsp3) is 0.385. The van der Waals surface area contributed by atoms with Gasteiger partial charge in [-0.1, -0.05) is 18.5 Å². The lowest BCUT2D eigenvalue weighted by atomic mass is 9.77. The Bertz CT molecular complexity index is 1140. The molecule has 1 saturated carbocycles. The standard InChI is InChI=1S/C26H26ClF3N2O2/c1-2-21(25(33)32-19-8-6-18(27)7-9-19)16-3-10-20(11-4-16)34-24-13-14-31-23-15-17(26(28,29)30)5-12-22(23)24/h5-9,12-16,20-21H,2-4,10-11H2,1H3,(H,32,33)/t16-,20-,21?. The van der Waals surface area contributed by atoms with Crippen molar-refractivity contribution >= 4 is 34.1 Å². The molecule has 4 rings (SSSR count). The minimum atomic E-state index is -4.42.